The predicted octanol–water partition coefficient (Wildman–Crippen LogP) is 0.189. The maximum Gasteiger partial charge on any atom is 0.222 e. The molecular formula is C7H14N2O2S. The Balaban J connectivity index is 2.52. The summed E-state index contributed by atoms with van der Waals surface area (Å²) >= 11 is 0. The third-order valence-electron chi connectivity index (χ3n) is 2.21. The Labute approximate surface area is 72.7 Å². The Morgan fingerprint density at radius 1 is 1.50 bits per heavy atom. The minimum absolute atomic E-state index is 0.0184. The van der Waals surface area contributed by atoms with Gasteiger partial charge in [-0.2, -0.15) is 0 Å². The first-order chi connectivity index (χ1) is 5.55. The molecule has 2 N–H and O–H groups in total. The second-order valence-corrected chi connectivity index (χ2v) is 5.55. The summed E-state index contributed by atoms with van der Waals surface area (Å²) in [4.78, 5) is 11.1. The number of carbonyl (C=O) groups excluding carboxylic acids is 1. The van der Waals surface area contributed by atoms with Crippen LogP contribution in [0.3, 0.4) is 0 Å². The molecule has 5 heteroatoms. The molecule has 0 aromatic heterocycles. The summed E-state index contributed by atoms with van der Waals surface area (Å²) in [5.74, 6) is 0.760. The first-order valence-corrected chi connectivity index (χ1v) is 5.90. The third-order valence-corrected chi connectivity index (χ3v) is 4.00. The molecule has 0 saturated carbocycles. The average Bonchev–Trinajstić information content (AvgIpc) is 2.03. The van der Waals surface area contributed by atoms with E-state index in [4.69, 9.17) is 4.78 Å². The maximum atomic E-state index is 11.2. The molecule has 0 bridgehead atoms. The lowest BCUT2D eigenvalue weighted by atomic mass is 10.0. The molecule has 1 heterocycles. The van der Waals surface area contributed by atoms with E-state index in [-0.39, 0.29) is 11.8 Å². The highest BCUT2D eigenvalue weighted by Gasteiger charge is 2.25. The second kappa shape index (κ2) is 3.43. The van der Waals surface area contributed by atoms with Gasteiger partial charge >= 0.3 is 0 Å². The van der Waals surface area contributed by atoms with E-state index in [2.05, 4.69) is 5.32 Å². The standard InChI is InChI=1S/C7H14N2O2S/c1-9-7(10)6-2-4-12(8,11)5-3-6/h6,8H,2-5H2,1H3,(H,9,10). The van der Waals surface area contributed by atoms with Gasteiger partial charge in [0.25, 0.3) is 0 Å². The molecule has 0 aliphatic carbocycles. The lowest BCUT2D eigenvalue weighted by Gasteiger charge is -2.21. The van der Waals surface area contributed by atoms with Crippen molar-refractivity contribution < 1.29 is 9.00 Å². The Hall–Kier alpha value is -0.580. The van der Waals surface area contributed by atoms with Gasteiger partial charge in [0.2, 0.25) is 5.91 Å². The summed E-state index contributed by atoms with van der Waals surface area (Å²) in [6.45, 7) is 0. The highest BCUT2D eigenvalue weighted by Crippen LogP contribution is 2.18. The zero-order chi connectivity index (χ0) is 9.19. The number of hydrogen-bond acceptors (Lipinski definition) is 3. The van der Waals surface area contributed by atoms with Crippen LogP contribution in [0.25, 0.3) is 0 Å². The van der Waals surface area contributed by atoms with Crippen LogP contribution in [0.4, 0.5) is 0 Å². The second-order valence-electron chi connectivity index (χ2n) is 3.11. The monoisotopic (exact) mass is 190 g/mol. The quantitative estimate of drug-likeness (QED) is 0.619. The van der Waals surface area contributed by atoms with E-state index in [9.17, 15) is 9.00 Å². The van der Waals surface area contributed by atoms with E-state index in [1.54, 1.807) is 7.05 Å². The zero-order valence-corrected chi connectivity index (χ0v) is 7.95. The lowest BCUT2D eigenvalue weighted by Crippen LogP contribution is -2.33. The van der Waals surface area contributed by atoms with Gasteiger partial charge in [0.05, 0.1) is 0 Å². The van der Waals surface area contributed by atoms with Crippen LogP contribution in [0.5, 0.6) is 0 Å². The van der Waals surface area contributed by atoms with Gasteiger partial charge in [-0.15, -0.1) is 0 Å². The van der Waals surface area contributed by atoms with Gasteiger partial charge in [-0.25, -0.2) is 4.21 Å². The van der Waals surface area contributed by atoms with Crippen LogP contribution in [-0.4, -0.2) is 28.7 Å². The molecule has 1 amide bonds. The number of nitrogens with one attached hydrogen (secondary N) is 2. The zero-order valence-electron chi connectivity index (χ0n) is 7.13. The Kier molecular flexibility index (Phi) is 2.72. The van der Waals surface area contributed by atoms with Crippen LogP contribution in [0, 0.1) is 10.7 Å². The summed E-state index contributed by atoms with van der Waals surface area (Å²) in [7, 11) is -0.731. The highest BCUT2D eigenvalue weighted by molar-refractivity contribution is 7.92. The molecule has 0 atom stereocenters. The molecule has 1 aliphatic heterocycles. The SMILES string of the molecule is CNC(=O)C1CCS(=N)(=O)CC1. The van der Waals surface area contributed by atoms with Crippen LogP contribution >= 0.6 is 0 Å². The number of hydrogen-bond donors (Lipinski definition) is 2. The van der Waals surface area contributed by atoms with Crippen molar-refractivity contribution in [3.63, 3.8) is 0 Å². The van der Waals surface area contributed by atoms with E-state index in [0.29, 0.717) is 24.3 Å². The molecule has 4 nitrogen and oxygen atoms in total. The molecule has 0 unspecified atom stereocenters. The fourth-order valence-corrected chi connectivity index (χ4v) is 2.91. The van der Waals surface area contributed by atoms with Crippen LogP contribution in [0.15, 0.2) is 0 Å². The van der Waals surface area contributed by atoms with Gasteiger partial charge in [0, 0.05) is 34.2 Å². The molecule has 1 aliphatic rings. The third kappa shape index (κ3) is 2.20. The van der Waals surface area contributed by atoms with Crippen LogP contribution in [0.2, 0.25) is 0 Å². The van der Waals surface area contributed by atoms with Gasteiger partial charge in [-0.3, -0.25) is 9.57 Å². The van der Waals surface area contributed by atoms with Gasteiger partial charge in [0.1, 0.15) is 0 Å². The summed E-state index contributed by atoms with van der Waals surface area (Å²) in [5, 5.41) is 2.57. The fraction of sp³-hybridized carbons (Fsp3) is 0.857. The molecule has 0 aromatic carbocycles. The first-order valence-electron chi connectivity index (χ1n) is 4.01. The highest BCUT2D eigenvalue weighted by atomic mass is 32.2. The van der Waals surface area contributed by atoms with Crippen LogP contribution in [-0.2, 0) is 14.5 Å². The number of rotatable bonds is 1. The van der Waals surface area contributed by atoms with E-state index in [0.717, 1.165) is 0 Å². The smallest absolute Gasteiger partial charge is 0.222 e. The van der Waals surface area contributed by atoms with Gasteiger partial charge in [-0.1, -0.05) is 0 Å². The van der Waals surface area contributed by atoms with Crippen molar-refractivity contribution in [2.24, 2.45) is 5.92 Å². The Morgan fingerprint density at radius 3 is 2.42 bits per heavy atom. The summed E-state index contributed by atoms with van der Waals surface area (Å²) in [6, 6.07) is 0. The van der Waals surface area contributed by atoms with Crippen LogP contribution in [0.1, 0.15) is 12.8 Å². The fourth-order valence-electron chi connectivity index (χ4n) is 1.38. The van der Waals surface area contributed by atoms with Crippen molar-refractivity contribution >= 4 is 15.6 Å². The number of carbonyl (C=O) groups is 1. The van der Waals surface area contributed by atoms with E-state index >= 15 is 0 Å². The summed E-state index contributed by atoms with van der Waals surface area (Å²) in [6.07, 6.45) is 1.20. The topological polar surface area (TPSA) is 70.0 Å². The van der Waals surface area contributed by atoms with E-state index in [1.165, 1.54) is 0 Å². The van der Waals surface area contributed by atoms with Crippen molar-refractivity contribution in [2.45, 2.75) is 12.8 Å². The van der Waals surface area contributed by atoms with Crippen molar-refractivity contribution in [1.29, 1.82) is 4.78 Å². The lowest BCUT2D eigenvalue weighted by molar-refractivity contribution is -0.124. The maximum absolute atomic E-state index is 11.2. The first kappa shape index (κ1) is 9.51. The van der Waals surface area contributed by atoms with Crippen molar-refractivity contribution in [3.05, 3.63) is 0 Å². The molecular weight excluding hydrogens is 176 g/mol. The van der Waals surface area contributed by atoms with Crippen molar-refractivity contribution in [2.75, 3.05) is 18.6 Å². The molecule has 1 fully saturated rings. The van der Waals surface area contributed by atoms with Gasteiger partial charge < -0.3 is 5.32 Å². The Bertz CT molecular complexity index is 257. The predicted molar refractivity (Wildman–Crippen MR) is 47.4 cm³/mol. The number of amides is 1. The van der Waals surface area contributed by atoms with Crippen molar-refractivity contribution in [1.82, 2.24) is 5.32 Å². The summed E-state index contributed by atoms with van der Waals surface area (Å²) in [5.41, 5.74) is 0. The molecule has 1 saturated heterocycles. The molecule has 0 aromatic rings. The molecule has 0 spiro atoms. The molecule has 12 heavy (non-hydrogen) atoms. The van der Waals surface area contributed by atoms with Crippen LogP contribution < -0.4 is 5.32 Å². The molecule has 70 valence electrons. The van der Waals surface area contributed by atoms with E-state index in [1.807, 2.05) is 0 Å². The molecule has 0 radical (unpaired) electrons. The summed E-state index contributed by atoms with van der Waals surface area (Å²) < 4.78 is 18.5. The van der Waals surface area contributed by atoms with Gasteiger partial charge in [0.15, 0.2) is 0 Å². The van der Waals surface area contributed by atoms with E-state index < -0.39 is 9.73 Å². The van der Waals surface area contributed by atoms with Gasteiger partial charge in [-0.05, 0) is 12.8 Å². The largest absolute Gasteiger partial charge is 0.359 e. The normalized spacial score (nSPS) is 35.9. The average molecular weight is 190 g/mol. The molecule has 1 rings (SSSR count). The Morgan fingerprint density at radius 2 is 2.00 bits per heavy atom. The minimum atomic E-state index is -2.34. The van der Waals surface area contributed by atoms with Crippen molar-refractivity contribution in [3.8, 4) is 0 Å². The minimum Gasteiger partial charge on any atom is -0.359 e.